The molecular weight excluding hydrogens is 350 g/mol. The Labute approximate surface area is 155 Å². The van der Waals surface area contributed by atoms with Gasteiger partial charge in [0, 0.05) is 38.2 Å². The van der Waals surface area contributed by atoms with Crippen molar-refractivity contribution in [1.29, 1.82) is 0 Å². The van der Waals surface area contributed by atoms with E-state index >= 15 is 0 Å². The molecule has 9 nitrogen and oxygen atoms in total. The molecule has 0 bridgehead atoms. The number of hydrogen-bond donors (Lipinski definition) is 0. The van der Waals surface area contributed by atoms with E-state index in [1.807, 2.05) is 4.57 Å². The lowest BCUT2D eigenvalue weighted by Gasteiger charge is -2.31. The predicted molar refractivity (Wildman–Crippen MR) is 96.7 cm³/mol. The van der Waals surface area contributed by atoms with E-state index < -0.39 is 4.92 Å². The second-order valence-electron chi connectivity index (χ2n) is 7.21. The fourth-order valence-electron chi connectivity index (χ4n) is 3.78. The predicted octanol–water partition coefficient (Wildman–Crippen LogP) is 1.84. The van der Waals surface area contributed by atoms with Gasteiger partial charge in [0.25, 0.3) is 11.6 Å². The third-order valence-electron chi connectivity index (χ3n) is 5.37. The van der Waals surface area contributed by atoms with E-state index in [1.54, 1.807) is 24.1 Å². The second-order valence-corrected chi connectivity index (χ2v) is 7.21. The number of rotatable bonds is 4. The van der Waals surface area contributed by atoms with Crippen molar-refractivity contribution in [3.05, 3.63) is 56.3 Å². The SMILES string of the molecule is Cn1nc(C2CCN(C(=O)c3ccccc3[N+](=O)[O-])CC2)n(C2CC2)c1=O. The van der Waals surface area contributed by atoms with Crippen LogP contribution in [0.25, 0.3) is 0 Å². The number of piperidine rings is 1. The zero-order valence-corrected chi connectivity index (χ0v) is 15.1. The topological polar surface area (TPSA) is 103 Å². The van der Waals surface area contributed by atoms with Crippen LogP contribution in [-0.2, 0) is 7.05 Å². The van der Waals surface area contributed by atoms with Crippen molar-refractivity contribution >= 4 is 11.6 Å². The molecule has 0 N–H and O–H groups in total. The van der Waals surface area contributed by atoms with Crippen LogP contribution >= 0.6 is 0 Å². The summed E-state index contributed by atoms with van der Waals surface area (Å²) in [6.45, 7) is 0.982. The average Bonchev–Trinajstić information content (AvgIpc) is 3.47. The Bertz CT molecular complexity index is 951. The monoisotopic (exact) mass is 371 g/mol. The molecule has 2 aromatic rings. The molecule has 2 heterocycles. The lowest BCUT2D eigenvalue weighted by Crippen LogP contribution is -2.38. The number of carbonyl (C=O) groups excluding carboxylic acids is 1. The number of likely N-dealkylation sites (tertiary alicyclic amines) is 1. The van der Waals surface area contributed by atoms with Crippen LogP contribution in [0.4, 0.5) is 5.69 Å². The molecule has 1 aromatic carbocycles. The number of nitrogens with zero attached hydrogens (tertiary/aromatic N) is 5. The Morgan fingerprint density at radius 3 is 2.48 bits per heavy atom. The Morgan fingerprint density at radius 2 is 1.85 bits per heavy atom. The van der Waals surface area contributed by atoms with Crippen molar-refractivity contribution in [2.24, 2.45) is 7.05 Å². The third-order valence-corrected chi connectivity index (χ3v) is 5.37. The van der Waals surface area contributed by atoms with Gasteiger partial charge in [-0.3, -0.25) is 19.5 Å². The molecule has 142 valence electrons. The van der Waals surface area contributed by atoms with Gasteiger partial charge in [0.2, 0.25) is 0 Å². The number of hydrogen-bond acceptors (Lipinski definition) is 5. The highest BCUT2D eigenvalue weighted by atomic mass is 16.6. The van der Waals surface area contributed by atoms with Crippen LogP contribution in [0.15, 0.2) is 29.1 Å². The first-order valence-electron chi connectivity index (χ1n) is 9.15. The number of carbonyl (C=O) groups is 1. The highest BCUT2D eigenvalue weighted by Crippen LogP contribution is 2.37. The van der Waals surface area contributed by atoms with Gasteiger partial charge >= 0.3 is 5.69 Å². The maximum atomic E-state index is 12.8. The van der Waals surface area contributed by atoms with Crippen LogP contribution in [0.5, 0.6) is 0 Å². The summed E-state index contributed by atoms with van der Waals surface area (Å²) in [5.41, 5.74) is -0.128. The summed E-state index contributed by atoms with van der Waals surface area (Å²) in [6.07, 6.45) is 3.40. The van der Waals surface area contributed by atoms with Gasteiger partial charge in [-0.25, -0.2) is 9.48 Å². The van der Waals surface area contributed by atoms with Crippen molar-refractivity contribution in [2.75, 3.05) is 13.1 Å². The summed E-state index contributed by atoms with van der Waals surface area (Å²) in [5, 5.41) is 15.6. The van der Waals surface area contributed by atoms with Crippen LogP contribution in [-0.4, -0.2) is 43.2 Å². The number of benzene rings is 1. The highest BCUT2D eigenvalue weighted by molar-refractivity contribution is 5.98. The minimum Gasteiger partial charge on any atom is -0.338 e. The van der Waals surface area contributed by atoms with Gasteiger partial charge in [0.05, 0.1) is 4.92 Å². The van der Waals surface area contributed by atoms with E-state index in [0.29, 0.717) is 25.9 Å². The van der Waals surface area contributed by atoms with Crippen LogP contribution < -0.4 is 5.69 Å². The molecule has 27 heavy (non-hydrogen) atoms. The number of aryl methyl sites for hydroxylation is 1. The number of aromatic nitrogens is 3. The number of amides is 1. The first-order valence-corrected chi connectivity index (χ1v) is 9.15. The first kappa shape index (κ1) is 17.4. The summed E-state index contributed by atoms with van der Waals surface area (Å²) < 4.78 is 3.20. The standard InChI is InChI=1S/C18H21N5O4/c1-20-18(25)22(13-6-7-13)16(19-20)12-8-10-21(11-9-12)17(24)14-4-2-3-5-15(14)23(26)27/h2-5,12-13H,6-11H2,1H3. The molecule has 0 atom stereocenters. The zero-order valence-electron chi connectivity index (χ0n) is 15.1. The van der Waals surface area contributed by atoms with Crippen molar-refractivity contribution in [2.45, 2.75) is 37.6 Å². The summed E-state index contributed by atoms with van der Waals surface area (Å²) in [6, 6.07) is 6.29. The molecule has 1 saturated carbocycles. The Morgan fingerprint density at radius 1 is 1.19 bits per heavy atom. The van der Waals surface area contributed by atoms with Crippen LogP contribution in [0.1, 0.15) is 53.8 Å². The lowest BCUT2D eigenvalue weighted by atomic mass is 9.95. The van der Waals surface area contributed by atoms with Crippen molar-refractivity contribution in [1.82, 2.24) is 19.2 Å². The molecule has 1 aromatic heterocycles. The van der Waals surface area contributed by atoms with E-state index in [0.717, 1.165) is 18.7 Å². The minimum absolute atomic E-state index is 0.0779. The summed E-state index contributed by atoms with van der Waals surface area (Å²) in [5.74, 6) is 0.610. The number of nitro benzene ring substituents is 1. The highest BCUT2D eigenvalue weighted by Gasteiger charge is 2.35. The van der Waals surface area contributed by atoms with Gasteiger partial charge in [-0.05, 0) is 31.7 Å². The molecule has 1 aliphatic heterocycles. The second kappa shape index (κ2) is 6.64. The van der Waals surface area contributed by atoms with E-state index in [4.69, 9.17) is 0 Å². The van der Waals surface area contributed by atoms with Crippen molar-refractivity contribution in [3.63, 3.8) is 0 Å². The molecule has 2 aliphatic rings. The molecule has 1 amide bonds. The maximum absolute atomic E-state index is 12.8. The largest absolute Gasteiger partial charge is 0.345 e. The molecule has 1 saturated heterocycles. The molecule has 9 heteroatoms. The van der Waals surface area contributed by atoms with Crippen LogP contribution in [0, 0.1) is 10.1 Å². The van der Waals surface area contributed by atoms with Gasteiger partial charge in [-0.1, -0.05) is 12.1 Å². The quantitative estimate of drug-likeness (QED) is 0.603. The molecule has 4 rings (SSSR count). The molecule has 0 unspecified atom stereocenters. The van der Waals surface area contributed by atoms with Gasteiger partial charge in [0.15, 0.2) is 0 Å². The Balaban J connectivity index is 1.50. The van der Waals surface area contributed by atoms with Crippen LogP contribution in [0.3, 0.4) is 0 Å². The fourth-order valence-corrected chi connectivity index (χ4v) is 3.78. The number of nitro groups is 1. The first-order chi connectivity index (χ1) is 13.0. The summed E-state index contributed by atoms with van der Waals surface area (Å²) in [4.78, 5) is 37.4. The molecule has 1 aliphatic carbocycles. The van der Waals surface area contributed by atoms with E-state index in [-0.39, 0.29) is 34.8 Å². The molecule has 0 radical (unpaired) electrons. The zero-order chi connectivity index (χ0) is 19.1. The minimum atomic E-state index is -0.526. The molecule has 2 fully saturated rings. The van der Waals surface area contributed by atoms with E-state index in [2.05, 4.69) is 5.10 Å². The van der Waals surface area contributed by atoms with Gasteiger partial charge in [-0.15, -0.1) is 0 Å². The lowest BCUT2D eigenvalue weighted by molar-refractivity contribution is -0.385. The smallest absolute Gasteiger partial charge is 0.338 e. The van der Waals surface area contributed by atoms with Crippen molar-refractivity contribution < 1.29 is 9.72 Å². The molecule has 0 spiro atoms. The van der Waals surface area contributed by atoms with Gasteiger partial charge in [-0.2, -0.15) is 5.10 Å². The fraction of sp³-hybridized carbons (Fsp3) is 0.500. The van der Waals surface area contributed by atoms with Gasteiger partial charge < -0.3 is 4.90 Å². The van der Waals surface area contributed by atoms with Crippen molar-refractivity contribution in [3.8, 4) is 0 Å². The molecular formula is C18H21N5O4. The maximum Gasteiger partial charge on any atom is 0.345 e. The number of para-hydroxylation sites is 1. The Hall–Kier alpha value is -2.97. The Kier molecular flexibility index (Phi) is 4.29. The average molecular weight is 371 g/mol. The van der Waals surface area contributed by atoms with E-state index in [9.17, 15) is 19.7 Å². The van der Waals surface area contributed by atoms with E-state index in [1.165, 1.54) is 16.8 Å². The third kappa shape index (κ3) is 3.13. The summed E-state index contributed by atoms with van der Waals surface area (Å²) >= 11 is 0. The normalized spacial score (nSPS) is 17.9. The van der Waals surface area contributed by atoms with Crippen LogP contribution in [0.2, 0.25) is 0 Å². The van der Waals surface area contributed by atoms with Gasteiger partial charge in [0.1, 0.15) is 11.4 Å². The summed E-state index contributed by atoms with van der Waals surface area (Å²) in [7, 11) is 1.66.